The maximum Gasteiger partial charge on any atom is 0.0543 e. The Hall–Kier alpha value is -0.120. The molecule has 0 aliphatic carbocycles. The van der Waals surface area contributed by atoms with E-state index in [-0.39, 0.29) is 5.41 Å². The van der Waals surface area contributed by atoms with E-state index in [1.807, 2.05) is 0 Å². The number of likely N-dealkylation sites (tertiary alicyclic amines) is 1. The van der Waals surface area contributed by atoms with Crippen LogP contribution in [0.25, 0.3) is 0 Å². The monoisotopic (exact) mass is 172 g/mol. The van der Waals surface area contributed by atoms with Gasteiger partial charge in [0.1, 0.15) is 0 Å². The van der Waals surface area contributed by atoms with Crippen LogP contribution in [0.5, 0.6) is 0 Å². The lowest BCUT2D eigenvalue weighted by atomic mass is 9.81. The van der Waals surface area contributed by atoms with Crippen LogP contribution in [0.2, 0.25) is 0 Å². The van der Waals surface area contributed by atoms with Crippen LogP contribution in [0.15, 0.2) is 0 Å². The van der Waals surface area contributed by atoms with Gasteiger partial charge in [-0.05, 0) is 26.4 Å². The van der Waals surface area contributed by atoms with Crippen molar-refractivity contribution in [1.29, 1.82) is 0 Å². The quantitative estimate of drug-likeness (QED) is 0.665. The molecule has 0 saturated carbocycles. The summed E-state index contributed by atoms with van der Waals surface area (Å²) in [5.41, 5.74) is 6.00. The third-order valence-corrected chi connectivity index (χ3v) is 2.74. The van der Waals surface area contributed by atoms with Gasteiger partial charge >= 0.3 is 0 Å². The molecular weight excluding hydrogens is 152 g/mol. The van der Waals surface area contributed by atoms with E-state index < -0.39 is 0 Å². The van der Waals surface area contributed by atoms with Crippen LogP contribution in [0.4, 0.5) is 0 Å². The van der Waals surface area contributed by atoms with Gasteiger partial charge in [-0.25, -0.2) is 0 Å². The predicted molar refractivity (Wildman–Crippen MR) is 50.1 cm³/mol. The van der Waals surface area contributed by atoms with E-state index in [1.54, 1.807) is 7.11 Å². The molecule has 1 rings (SSSR count). The molecule has 1 saturated heterocycles. The summed E-state index contributed by atoms with van der Waals surface area (Å²) in [5, 5.41) is 0. The Balaban J connectivity index is 2.51. The second-order valence-corrected chi connectivity index (χ2v) is 3.98. The molecule has 12 heavy (non-hydrogen) atoms. The summed E-state index contributed by atoms with van der Waals surface area (Å²) in [4.78, 5) is 2.34. The molecule has 1 aliphatic heterocycles. The highest BCUT2D eigenvalue weighted by Gasteiger charge is 2.32. The number of ether oxygens (including phenoxy) is 1. The molecule has 2 N–H and O–H groups in total. The van der Waals surface area contributed by atoms with Crippen molar-refractivity contribution in [2.75, 3.05) is 40.4 Å². The highest BCUT2D eigenvalue weighted by atomic mass is 16.5. The van der Waals surface area contributed by atoms with Gasteiger partial charge in [0.15, 0.2) is 0 Å². The van der Waals surface area contributed by atoms with E-state index in [2.05, 4.69) is 11.9 Å². The molecule has 0 spiro atoms. The number of rotatable bonds is 3. The smallest absolute Gasteiger partial charge is 0.0543 e. The van der Waals surface area contributed by atoms with Crippen LogP contribution in [0.1, 0.15) is 12.8 Å². The first kappa shape index (κ1) is 9.96. The molecular formula is C9H20N2O. The fourth-order valence-electron chi connectivity index (χ4n) is 2.10. The summed E-state index contributed by atoms with van der Waals surface area (Å²) in [6.07, 6.45) is 2.46. The molecule has 0 aromatic heterocycles. The largest absolute Gasteiger partial charge is 0.384 e. The maximum absolute atomic E-state index is 5.78. The zero-order valence-corrected chi connectivity index (χ0v) is 8.18. The summed E-state index contributed by atoms with van der Waals surface area (Å²) in [6.45, 7) is 3.82. The summed E-state index contributed by atoms with van der Waals surface area (Å²) in [6, 6.07) is 0. The van der Waals surface area contributed by atoms with Crippen LogP contribution >= 0.6 is 0 Å². The van der Waals surface area contributed by atoms with Gasteiger partial charge in [-0.2, -0.15) is 0 Å². The Labute approximate surface area is 74.9 Å². The summed E-state index contributed by atoms with van der Waals surface area (Å²) < 4.78 is 5.22. The molecule has 1 unspecified atom stereocenters. The molecule has 1 atom stereocenters. The molecule has 0 bridgehead atoms. The summed E-state index contributed by atoms with van der Waals surface area (Å²) in [7, 11) is 3.91. The summed E-state index contributed by atoms with van der Waals surface area (Å²) in [5.74, 6) is 0. The average molecular weight is 172 g/mol. The number of methoxy groups -OCH3 is 1. The molecule has 0 aromatic rings. The molecule has 1 fully saturated rings. The first-order valence-electron chi connectivity index (χ1n) is 4.60. The molecule has 3 heteroatoms. The summed E-state index contributed by atoms with van der Waals surface area (Å²) >= 11 is 0. The lowest BCUT2D eigenvalue weighted by Crippen LogP contribution is -2.48. The van der Waals surface area contributed by atoms with Crippen molar-refractivity contribution in [3.63, 3.8) is 0 Å². The van der Waals surface area contributed by atoms with Crippen LogP contribution in [0, 0.1) is 5.41 Å². The van der Waals surface area contributed by atoms with Crippen molar-refractivity contribution < 1.29 is 4.74 Å². The lowest BCUT2D eigenvalue weighted by molar-refractivity contribution is 0.0268. The van der Waals surface area contributed by atoms with Crippen molar-refractivity contribution in [1.82, 2.24) is 4.90 Å². The Kier molecular flexibility index (Phi) is 3.50. The Morgan fingerprint density at radius 1 is 1.58 bits per heavy atom. The topological polar surface area (TPSA) is 38.5 Å². The van der Waals surface area contributed by atoms with E-state index in [0.29, 0.717) is 0 Å². The van der Waals surface area contributed by atoms with Crippen molar-refractivity contribution in [3.05, 3.63) is 0 Å². The van der Waals surface area contributed by atoms with Gasteiger partial charge in [0.25, 0.3) is 0 Å². The fourth-order valence-corrected chi connectivity index (χ4v) is 2.10. The number of nitrogens with two attached hydrogens (primary N) is 1. The molecule has 1 heterocycles. The van der Waals surface area contributed by atoms with Crippen molar-refractivity contribution in [2.45, 2.75) is 12.8 Å². The van der Waals surface area contributed by atoms with Crippen LogP contribution in [0.3, 0.4) is 0 Å². The van der Waals surface area contributed by atoms with Gasteiger partial charge in [-0.1, -0.05) is 0 Å². The molecule has 0 aromatic carbocycles. The van der Waals surface area contributed by atoms with E-state index in [0.717, 1.165) is 19.7 Å². The highest BCUT2D eigenvalue weighted by molar-refractivity contribution is 4.86. The normalized spacial score (nSPS) is 32.2. The zero-order chi connectivity index (χ0) is 9.03. The van der Waals surface area contributed by atoms with Gasteiger partial charge in [0.2, 0.25) is 0 Å². The minimum Gasteiger partial charge on any atom is -0.384 e. The van der Waals surface area contributed by atoms with Crippen LogP contribution in [-0.4, -0.2) is 45.3 Å². The SMILES string of the molecule is COCC1(CN)CCCN(C)C1. The van der Waals surface area contributed by atoms with E-state index in [1.165, 1.54) is 19.4 Å². The third-order valence-electron chi connectivity index (χ3n) is 2.74. The van der Waals surface area contributed by atoms with Gasteiger partial charge in [0, 0.05) is 25.6 Å². The second-order valence-electron chi connectivity index (χ2n) is 3.98. The Morgan fingerprint density at radius 3 is 2.83 bits per heavy atom. The van der Waals surface area contributed by atoms with Gasteiger partial charge in [-0.3, -0.25) is 0 Å². The first-order chi connectivity index (χ1) is 5.72. The van der Waals surface area contributed by atoms with E-state index in [4.69, 9.17) is 10.5 Å². The van der Waals surface area contributed by atoms with Crippen LogP contribution < -0.4 is 5.73 Å². The number of hydrogen-bond acceptors (Lipinski definition) is 3. The maximum atomic E-state index is 5.78. The highest BCUT2D eigenvalue weighted by Crippen LogP contribution is 2.28. The fraction of sp³-hybridized carbons (Fsp3) is 1.00. The van der Waals surface area contributed by atoms with Crippen molar-refractivity contribution >= 4 is 0 Å². The standard InChI is InChI=1S/C9H20N2O/c1-11-5-3-4-9(6-10,7-11)8-12-2/h3-8,10H2,1-2H3. The zero-order valence-electron chi connectivity index (χ0n) is 8.18. The van der Waals surface area contributed by atoms with Crippen molar-refractivity contribution in [3.8, 4) is 0 Å². The van der Waals surface area contributed by atoms with E-state index in [9.17, 15) is 0 Å². The van der Waals surface area contributed by atoms with Gasteiger partial charge < -0.3 is 15.4 Å². The second kappa shape index (κ2) is 4.21. The molecule has 1 aliphatic rings. The number of piperidine rings is 1. The Morgan fingerprint density at radius 2 is 2.33 bits per heavy atom. The lowest BCUT2D eigenvalue weighted by Gasteiger charge is -2.40. The first-order valence-corrected chi connectivity index (χ1v) is 4.60. The number of hydrogen-bond donors (Lipinski definition) is 1. The molecule has 72 valence electrons. The number of nitrogens with zero attached hydrogens (tertiary/aromatic N) is 1. The molecule has 0 radical (unpaired) electrons. The molecule has 3 nitrogen and oxygen atoms in total. The van der Waals surface area contributed by atoms with Gasteiger partial charge in [0.05, 0.1) is 6.61 Å². The van der Waals surface area contributed by atoms with Crippen LogP contribution in [-0.2, 0) is 4.74 Å². The Bertz CT molecular complexity index is 136. The van der Waals surface area contributed by atoms with Crippen molar-refractivity contribution in [2.24, 2.45) is 11.1 Å². The predicted octanol–water partition coefficient (Wildman–Crippen LogP) is 0.304. The average Bonchev–Trinajstić information content (AvgIpc) is 2.05. The van der Waals surface area contributed by atoms with E-state index >= 15 is 0 Å². The van der Waals surface area contributed by atoms with Gasteiger partial charge in [-0.15, -0.1) is 0 Å². The third kappa shape index (κ3) is 2.19. The minimum absolute atomic E-state index is 0.224. The molecule has 0 amide bonds. The minimum atomic E-state index is 0.224.